The standard InChI is InChI=1S/C17H24N4O2.C12H16N4.ClH/c1-5-14-7-6-13(12-18)15(19-14)20-8-10-21(11-9-20)16(22)23-17(2,3)4;1-2-11-4-3-10(9-13)12(15-11)16-7-5-14-6-8-16;/h6-7H,5,8-11H2,1-4H3;3-4,14H,2,5-8H2,1H3;1H. The topological polar surface area (TPSA) is 121 Å². The molecule has 216 valence electrons. The molecule has 2 aromatic rings. The Hall–Kier alpha value is -3.60. The van der Waals surface area contributed by atoms with Gasteiger partial charge in [-0.2, -0.15) is 10.5 Å². The number of ether oxygens (including phenoxy) is 1. The summed E-state index contributed by atoms with van der Waals surface area (Å²) in [6, 6.07) is 11.9. The van der Waals surface area contributed by atoms with Gasteiger partial charge >= 0.3 is 6.09 Å². The van der Waals surface area contributed by atoms with Crippen LogP contribution in [0.25, 0.3) is 0 Å². The van der Waals surface area contributed by atoms with E-state index in [0.717, 1.165) is 62.0 Å². The third-order valence-electron chi connectivity index (χ3n) is 6.48. The molecule has 0 atom stereocenters. The first kappa shape index (κ1) is 32.6. The monoisotopic (exact) mass is 568 g/mol. The van der Waals surface area contributed by atoms with Gasteiger partial charge in [-0.1, -0.05) is 13.8 Å². The van der Waals surface area contributed by atoms with Gasteiger partial charge in [0.25, 0.3) is 0 Å². The van der Waals surface area contributed by atoms with Gasteiger partial charge < -0.3 is 24.8 Å². The van der Waals surface area contributed by atoms with E-state index in [1.807, 2.05) is 52.0 Å². The highest BCUT2D eigenvalue weighted by Crippen LogP contribution is 2.21. The Morgan fingerprint density at radius 3 is 1.70 bits per heavy atom. The van der Waals surface area contributed by atoms with Gasteiger partial charge in [-0.05, 0) is 57.9 Å². The number of amides is 1. The van der Waals surface area contributed by atoms with E-state index in [0.29, 0.717) is 37.3 Å². The lowest BCUT2D eigenvalue weighted by molar-refractivity contribution is 0.0240. The Kier molecular flexibility index (Phi) is 12.4. The summed E-state index contributed by atoms with van der Waals surface area (Å²) in [5.41, 5.74) is 2.78. The number of nitrogens with zero attached hydrogens (tertiary/aromatic N) is 7. The Bertz CT molecular complexity index is 1200. The lowest BCUT2D eigenvalue weighted by Crippen LogP contribution is -2.50. The number of rotatable bonds is 4. The average Bonchev–Trinajstić information content (AvgIpc) is 2.96. The third-order valence-corrected chi connectivity index (χ3v) is 6.48. The van der Waals surface area contributed by atoms with Crippen molar-refractivity contribution < 1.29 is 9.53 Å². The van der Waals surface area contributed by atoms with Gasteiger partial charge in [-0.25, -0.2) is 14.8 Å². The van der Waals surface area contributed by atoms with Gasteiger partial charge in [0.1, 0.15) is 29.4 Å². The first-order chi connectivity index (χ1) is 18.7. The van der Waals surface area contributed by atoms with E-state index < -0.39 is 5.60 Å². The molecule has 2 fully saturated rings. The molecule has 0 aliphatic carbocycles. The Balaban J connectivity index is 0.000000290. The summed E-state index contributed by atoms with van der Waals surface area (Å²) in [6.07, 6.45) is 1.45. The number of hydrogen-bond donors (Lipinski definition) is 1. The van der Waals surface area contributed by atoms with Crippen LogP contribution in [-0.2, 0) is 17.6 Å². The highest BCUT2D eigenvalue weighted by atomic mass is 35.5. The van der Waals surface area contributed by atoms with Gasteiger partial charge in [0, 0.05) is 63.7 Å². The maximum Gasteiger partial charge on any atom is 0.410 e. The second-order valence-electron chi connectivity index (χ2n) is 10.5. The van der Waals surface area contributed by atoms with Crippen LogP contribution in [0.4, 0.5) is 16.4 Å². The largest absolute Gasteiger partial charge is 0.444 e. The molecule has 0 aromatic carbocycles. The van der Waals surface area contributed by atoms with Crippen molar-refractivity contribution >= 4 is 30.1 Å². The smallest absolute Gasteiger partial charge is 0.410 e. The van der Waals surface area contributed by atoms with Crippen LogP contribution in [0.3, 0.4) is 0 Å². The fourth-order valence-corrected chi connectivity index (χ4v) is 4.33. The van der Waals surface area contributed by atoms with E-state index in [-0.39, 0.29) is 18.5 Å². The minimum Gasteiger partial charge on any atom is -0.444 e. The van der Waals surface area contributed by atoms with Gasteiger partial charge in [0.15, 0.2) is 0 Å². The Morgan fingerprint density at radius 1 is 0.850 bits per heavy atom. The normalized spacial score (nSPS) is 15.1. The van der Waals surface area contributed by atoms with E-state index in [9.17, 15) is 10.1 Å². The van der Waals surface area contributed by atoms with Crippen molar-refractivity contribution in [2.45, 2.75) is 53.1 Å². The summed E-state index contributed by atoms with van der Waals surface area (Å²) in [7, 11) is 0. The number of piperazine rings is 2. The molecule has 1 N–H and O–H groups in total. The van der Waals surface area contributed by atoms with Crippen LogP contribution in [0, 0.1) is 22.7 Å². The van der Waals surface area contributed by atoms with Crippen LogP contribution in [0.1, 0.15) is 57.1 Å². The predicted molar refractivity (Wildman–Crippen MR) is 159 cm³/mol. The number of carbonyl (C=O) groups excluding carboxylic acids is 1. The van der Waals surface area contributed by atoms with E-state index in [1.165, 1.54) is 0 Å². The Labute approximate surface area is 244 Å². The minimum atomic E-state index is -0.487. The Morgan fingerprint density at radius 2 is 1.30 bits per heavy atom. The first-order valence-corrected chi connectivity index (χ1v) is 13.7. The fourth-order valence-electron chi connectivity index (χ4n) is 4.33. The zero-order valence-corrected chi connectivity index (χ0v) is 25.1. The van der Waals surface area contributed by atoms with Gasteiger partial charge in [0.05, 0.1) is 11.1 Å². The van der Waals surface area contributed by atoms with Gasteiger partial charge in [-0.3, -0.25) is 0 Å². The highest BCUT2D eigenvalue weighted by Gasteiger charge is 2.27. The number of carbonyl (C=O) groups is 1. The number of nitriles is 2. The lowest BCUT2D eigenvalue weighted by Gasteiger charge is -2.36. The van der Waals surface area contributed by atoms with Crippen LogP contribution in [0.5, 0.6) is 0 Å². The van der Waals surface area contributed by atoms with Crippen molar-refractivity contribution in [3.05, 3.63) is 46.8 Å². The molecule has 2 aromatic heterocycles. The molecular formula is C29H41ClN8O2. The molecule has 0 saturated carbocycles. The van der Waals surface area contributed by atoms with E-state index in [2.05, 4.69) is 44.1 Å². The summed E-state index contributed by atoms with van der Waals surface area (Å²) < 4.78 is 5.40. The molecular weight excluding hydrogens is 528 g/mol. The molecule has 4 rings (SSSR count). The van der Waals surface area contributed by atoms with Crippen molar-refractivity contribution in [1.29, 1.82) is 10.5 Å². The summed E-state index contributed by atoms with van der Waals surface area (Å²) in [5, 5.41) is 21.7. The molecule has 2 aliphatic rings. The summed E-state index contributed by atoms with van der Waals surface area (Å²) in [6.45, 7) is 15.9. The number of halogens is 1. The van der Waals surface area contributed by atoms with Crippen molar-refractivity contribution in [2.24, 2.45) is 0 Å². The maximum atomic E-state index is 12.1. The molecule has 2 aliphatic heterocycles. The van der Waals surface area contributed by atoms with Crippen molar-refractivity contribution in [3.8, 4) is 12.1 Å². The number of anilines is 2. The number of hydrogen-bond acceptors (Lipinski definition) is 9. The second-order valence-corrected chi connectivity index (χ2v) is 10.5. The average molecular weight is 569 g/mol. The van der Waals surface area contributed by atoms with E-state index in [1.54, 1.807) is 4.90 Å². The fraction of sp³-hybridized carbons (Fsp3) is 0.552. The van der Waals surface area contributed by atoms with Crippen molar-refractivity contribution in [1.82, 2.24) is 20.2 Å². The highest BCUT2D eigenvalue weighted by molar-refractivity contribution is 5.85. The van der Waals surface area contributed by atoms with E-state index in [4.69, 9.17) is 10.00 Å². The number of pyridine rings is 2. The molecule has 0 bridgehead atoms. The molecule has 0 unspecified atom stereocenters. The van der Waals surface area contributed by atoms with Gasteiger partial charge in [-0.15, -0.1) is 12.4 Å². The van der Waals surface area contributed by atoms with Crippen LogP contribution in [0.2, 0.25) is 0 Å². The predicted octanol–water partition coefficient (Wildman–Crippen LogP) is 3.92. The number of nitrogens with one attached hydrogen (secondary N) is 1. The molecule has 40 heavy (non-hydrogen) atoms. The maximum absolute atomic E-state index is 12.1. The third kappa shape index (κ3) is 8.97. The quantitative estimate of drug-likeness (QED) is 0.584. The first-order valence-electron chi connectivity index (χ1n) is 13.7. The summed E-state index contributed by atoms with van der Waals surface area (Å²) in [4.78, 5) is 27.2. The van der Waals surface area contributed by atoms with E-state index >= 15 is 0 Å². The van der Waals surface area contributed by atoms with Crippen molar-refractivity contribution in [2.75, 3.05) is 62.2 Å². The number of aryl methyl sites for hydroxylation is 2. The molecule has 11 heteroatoms. The molecule has 0 radical (unpaired) electrons. The van der Waals surface area contributed by atoms with Crippen LogP contribution in [0.15, 0.2) is 24.3 Å². The molecule has 0 spiro atoms. The second kappa shape index (κ2) is 15.3. The zero-order valence-electron chi connectivity index (χ0n) is 24.2. The SMILES string of the molecule is CCc1ccc(C#N)c(N2CCN(C(=O)OC(C)(C)C)CC2)n1.CCc1ccc(C#N)c(N2CCNCC2)n1.Cl. The molecule has 1 amide bonds. The minimum absolute atomic E-state index is 0. The summed E-state index contributed by atoms with van der Waals surface area (Å²) >= 11 is 0. The molecule has 10 nitrogen and oxygen atoms in total. The molecule has 2 saturated heterocycles. The van der Waals surface area contributed by atoms with Crippen molar-refractivity contribution in [3.63, 3.8) is 0 Å². The summed E-state index contributed by atoms with van der Waals surface area (Å²) in [5.74, 6) is 1.57. The zero-order chi connectivity index (χ0) is 28.4. The number of aromatic nitrogens is 2. The lowest BCUT2D eigenvalue weighted by atomic mass is 10.2. The van der Waals surface area contributed by atoms with Crippen LogP contribution >= 0.6 is 12.4 Å². The van der Waals surface area contributed by atoms with Crippen LogP contribution < -0.4 is 15.1 Å². The molecule has 4 heterocycles. The van der Waals surface area contributed by atoms with Crippen LogP contribution in [-0.4, -0.2) is 78.9 Å². The van der Waals surface area contributed by atoms with Gasteiger partial charge in [0.2, 0.25) is 0 Å².